The van der Waals surface area contributed by atoms with E-state index in [1.165, 1.54) is 102 Å². The van der Waals surface area contributed by atoms with E-state index in [1.54, 1.807) is 19.2 Å². The highest BCUT2D eigenvalue weighted by molar-refractivity contribution is 8.00. The number of unbranched alkanes of at least 4 members (excludes halogenated alkanes) is 5. The Morgan fingerprint density at radius 3 is 2.09 bits per heavy atom. The number of thioether (sulfide) groups is 2. The van der Waals surface area contributed by atoms with Crippen LogP contribution in [0.4, 0.5) is 24.5 Å². The molecule has 14 heteroatoms. The van der Waals surface area contributed by atoms with Crippen LogP contribution in [0.3, 0.4) is 0 Å². The second-order valence-corrected chi connectivity index (χ2v) is 20.3. The summed E-state index contributed by atoms with van der Waals surface area (Å²) in [6, 6.07) is 39.9. The molecule has 1 fully saturated rings. The number of nitrogens with one attached hydrogen (secondary N) is 1. The van der Waals surface area contributed by atoms with Gasteiger partial charge in [-0.2, -0.15) is 13.2 Å². The zero-order chi connectivity index (χ0) is 50.3. The quantitative estimate of drug-likeness (QED) is 0.0155. The van der Waals surface area contributed by atoms with Crippen LogP contribution >= 0.6 is 47.1 Å². The molecular weight excluding hydrogens is 953 g/mol. The number of anilines is 2. The van der Waals surface area contributed by atoms with Crippen molar-refractivity contribution in [3.05, 3.63) is 150 Å². The monoisotopic (exact) mass is 1020 g/mol. The molecule has 0 atom stereocenters. The van der Waals surface area contributed by atoms with Gasteiger partial charge in [0.15, 0.2) is 0 Å². The first-order valence-electron chi connectivity index (χ1n) is 23.5. The average Bonchev–Trinajstić information content (AvgIpc) is 3.33. The van der Waals surface area contributed by atoms with Crippen molar-refractivity contribution < 1.29 is 27.9 Å². The summed E-state index contributed by atoms with van der Waals surface area (Å²) in [6.45, 7) is 9.71. The zero-order valence-corrected chi connectivity index (χ0v) is 43.5. The van der Waals surface area contributed by atoms with Gasteiger partial charge in [0.1, 0.15) is 6.29 Å². The van der Waals surface area contributed by atoms with Crippen LogP contribution in [0, 0.1) is 5.92 Å². The van der Waals surface area contributed by atoms with Crippen molar-refractivity contribution in [3.63, 3.8) is 0 Å². The van der Waals surface area contributed by atoms with E-state index in [-0.39, 0.29) is 22.3 Å². The van der Waals surface area contributed by atoms with Crippen LogP contribution in [0.15, 0.2) is 149 Å². The third-order valence-electron chi connectivity index (χ3n) is 11.0. The number of nitrogens with zero attached hydrogens (tertiary/aromatic N) is 2. The Balaban J connectivity index is 0.000000278. The standard InChI is InChI=1S/C25H24ClNO.C19H31NO2S.C8H9F3N2S2.C3H6/c26-23-9-7-21(8-10-23)25-4-2-1-3-22(25)17-19-13-15-27(16-14-19)24-11-5-20(18-28)6-12-24;1-20(15-9-4-2-3-8-14-19(21)22)16-10-11-17-23-18-12-6-5-7-13-18;1-13-15-5-2-3-6(12)7(4-5)14-8(9,10)11;1-3-2/h1-12,18-19H,13-17H2;5-7,12-13H,2-4,8-11,14-17H2,1H3,(H,21,22);2-4,13H,12H2,1H3;3H,1H2,2H3. The van der Waals surface area contributed by atoms with Crippen molar-refractivity contribution in [2.45, 2.75) is 97.7 Å². The highest BCUT2D eigenvalue weighted by atomic mass is 35.5. The van der Waals surface area contributed by atoms with E-state index in [4.69, 9.17) is 22.4 Å². The van der Waals surface area contributed by atoms with E-state index in [1.807, 2.05) is 43.0 Å². The van der Waals surface area contributed by atoms with E-state index in [0.29, 0.717) is 17.2 Å². The summed E-state index contributed by atoms with van der Waals surface area (Å²) < 4.78 is 39.2. The minimum absolute atomic E-state index is 0.0303. The molecule has 0 spiro atoms. The largest absolute Gasteiger partial charge is 0.481 e. The van der Waals surface area contributed by atoms with Gasteiger partial charge >= 0.3 is 11.5 Å². The molecule has 69 heavy (non-hydrogen) atoms. The topological polar surface area (TPSA) is 98.9 Å². The lowest BCUT2D eigenvalue weighted by atomic mass is 9.87. The third-order valence-corrected chi connectivity index (χ3v) is 13.8. The van der Waals surface area contributed by atoms with Crippen molar-refractivity contribution in [2.24, 2.45) is 5.92 Å². The SMILES string of the molecule is C=CC.CN(CCCCCCCC(=O)O)CCCCSc1ccccc1.CNSc1ccc(N)c(SC(F)(F)F)c1.O=Cc1ccc(N2CCC(Cc3ccccc3-c3ccc(Cl)cc3)CC2)cc1. The van der Waals surface area contributed by atoms with Gasteiger partial charge in [0.2, 0.25) is 0 Å². The number of nitrogen functional groups attached to an aromatic ring is 1. The molecule has 0 aromatic heterocycles. The number of hydrogen-bond donors (Lipinski definition) is 3. The van der Waals surface area contributed by atoms with Gasteiger partial charge in [0.05, 0.1) is 0 Å². The van der Waals surface area contributed by atoms with Gasteiger partial charge in [-0.05, 0) is 198 Å². The van der Waals surface area contributed by atoms with Crippen LogP contribution in [0.2, 0.25) is 5.02 Å². The van der Waals surface area contributed by atoms with Gasteiger partial charge in [0, 0.05) is 56.2 Å². The Morgan fingerprint density at radius 1 is 0.855 bits per heavy atom. The van der Waals surface area contributed by atoms with Gasteiger partial charge in [-0.3, -0.25) is 14.3 Å². The molecule has 1 aliphatic heterocycles. The molecule has 4 N–H and O–H groups in total. The molecule has 0 aliphatic carbocycles. The summed E-state index contributed by atoms with van der Waals surface area (Å²) in [7, 11) is 3.90. The molecule has 1 aliphatic rings. The maximum absolute atomic E-state index is 12.1. The number of carbonyl (C=O) groups is 2. The number of carboxylic acid groups (broad SMARTS) is 1. The maximum Gasteiger partial charge on any atom is 0.446 e. The number of carboxylic acids is 1. The molecule has 0 bridgehead atoms. The molecular formula is C55H70ClF3N4O3S3. The van der Waals surface area contributed by atoms with E-state index in [2.05, 4.69) is 107 Å². The summed E-state index contributed by atoms with van der Waals surface area (Å²) in [4.78, 5) is 28.2. The molecule has 5 aromatic carbocycles. The number of benzene rings is 5. The van der Waals surface area contributed by atoms with Crippen molar-refractivity contribution >= 4 is 70.7 Å². The molecule has 0 radical (unpaired) electrons. The number of hydrogen-bond acceptors (Lipinski definition) is 9. The zero-order valence-electron chi connectivity index (χ0n) is 40.3. The minimum atomic E-state index is -4.31. The van der Waals surface area contributed by atoms with Crippen molar-refractivity contribution in [1.29, 1.82) is 0 Å². The minimum Gasteiger partial charge on any atom is -0.481 e. The van der Waals surface area contributed by atoms with Crippen LogP contribution in [-0.4, -0.2) is 73.8 Å². The fraction of sp³-hybridized carbons (Fsp3) is 0.382. The van der Waals surface area contributed by atoms with Crippen LogP contribution in [0.25, 0.3) is 11.1 Å². The number of piperidine rings is 1. The first-order valence-corrected chi connectivity index (χ1v) is 26.5. The van der Waals surface area contributed by atoms with Crippen molar-refractivity contribution in [1.82, 2.24) is 9.62 Å². The molecule has 0 saturated carbocycles. The Bertz CT molecular complexity index is 2200. The fourth-order valence-corrected chi connectivity index (χ4v) is 9.78. The molecule has 0 amide bonds. The molecule has 1 heterocycles. The second-order valence-electron chi connectivity index (χ2n) is 16.6. The average molecular weight is 1020 g/mol. The molecule has 374 valence electrons. The van der Waals surface area contributed by atoms with Crippen molar-refractivity contribution in [2.75, 3.05) is 56.7 Å². The van der Waals surface area contributed by atoms with Gasteiger partial charge in [0.25, 0.3) is 0 Å². The smallest absolute Gasteiger partial charge is 0.446 e. The summed E-state index contributed by atoms with van der Waals surface area (Å²) in [5.74, 6) is 1.22. The predicted molar refractivity (Wildman–Crippen MR) is 290 cm³/mol. The van der Waals surface area contributed by atoms with Gasteiger partial charge in [-0.15, -0.1) is 18.3 Å². The van der Waals surface area contributed by atoms with Crippen molar-refractivity contribution in [3.8, 4) is 11.1 Å². The first-order chi connectivity index (χ1) is 33.2. The predicted octanol–water partition coefficient (Wildman–Crippen LogP) is 15.5. The van der Waals surface area contributed by atoms with Gasteiger partial charge in [-0.1, -0.05) is 91.5 Å². The highest BCUT2D eigenvalue weighted by Gasteiger charge is 2.30. The van der Waals surface area contributed by atoms with E-state index >= 15 is 0 Å². The number of allylic oxidation sites excluding steroid dienone is 1. The Labute approximate surface area is 427 Å². The number of alkyl halides is 3. The number of aldehydes is 1. The number of halogens is 4. The number of nitrogens with two attached hydrogens (primary N) is 1. The first kappa shape index (κ1) is 58.9. The Hall–Kier alpha value is -4.37. The maximum atomic E-state index is 12.1. The molecule has 5 aromatic rings. The fourth-order valence-electron chi connectivity index (χ4n) is 7.48. The lowest BCUT2D eigenvalue weighted by molar-refractivity contribution is -0.137. The molecule has 0 unspecified atom stereocenters. The van der Waals surface area contributed by atoms with Crippen LogP contribution < -0.4 is 15.4 Å². The number of carbonyl (C=O) groups excluding carboxylic acids is 1. The third kappa shape index (κ3) is 25.4. The number of rotatable bonds is 22. The van der Waals surface area contributed by atoms with Crippen LogP contribution in [-0.2, 0) is 11.2 Å². The molecule has 7 nitrogen and oxygen atoms in total. The number of aliphatic carboxylic acids is 1. The van der Waals surface area contributed by atoms with Crippen LogP contribution in [0.1, 0.15) is 87.1 Å². The van der Waals surface area contributed by atoms with E-state index < -0.39 is 11.5 Å². The summed E-state index contributed by atoms with van der Waals surface area (Å²) in [5, 5.41) is 9.34. The van der Waals surface area contributed by atoms with E-state index in [9.17, 15) is 22.8 Å². The summed E-state index contributed by atoms with van der Waals surface area (Å²) >= 11 is 9.04. The second kappa shape index (κ2) is 34.0. The van der Waals surface area contributed by atoms with Crippen LogP contribution in [0.5, 0.6) is 0 Å². The molecule has 1 saturated heterocycles. The Kier molecular flexibility index (Phi) is 29.1. The highest BCUT2D eigenvalue weighted by Crippen LogP contribution is 2.41. The van der Waals surface area contributed by atoms with Gasteiger partial charge in [-0.25, -0.2) is 0 Å². The normalized spacial score (nSPS) is 12.4. The van der Waals surface area contributed by atoms with Gasteiger partial charge < -0.3 is 20.6 Å². The summed E-state index contributed by atoms with van der Waals surface area (Å²) in [6.07, 6.45) is 14.4. The lowest BCUT2D eigenvalue weighted by Crippen LogP contribution is -2.34. The Morgan fingerprint density at radius 2 is 1.46 bits per heavy atom. The van der Waals surface area contributed by atoms with E-state index in [0.717, 1.165) is 62.2 Å². The lowest BCUT2D eigenvalue weighted by Gasteiger charge is -2.34. The summed E-state index contributed by atoms with van der Waals surface area (Å²) in [5.41, 5.74) is 7.17. The molecule has 6 rings (SSSR count).